The van der Waals surface area contributed by atoms with E-state index in [0.717, 1.165) is 0 Å². The predicted octanol–water partition coefficient (Wildman–Crippen LogP) is 1.05. The highest BCUT2D eigenvalue weighted by atomic mass is 32.2. The molecule has 0 spiro atoms. The largest absolute Gasteiger partial charge is 0.347 e. The summed E-state index contributed by atoms with van der Waals surface area (Å²) in [7, 11) is -3.22. The van der Waals surface area contributed by atoms with E-state index in [4.69, 9.17) is 0 Å². The number of hydrogen-bond donors (Lipinski definition) is 2. The van der Waals surface area contributed by atoms with Gasteiger partial charge in [0.1, 0.15) is 5.82 Å². The highest BCUT2D eigenvalue weighted by Gasteiger charge is 2.18. The molecule has 0 amide bonds. The fourth-order valence-corrected chi connectivity index (χ4v) is 2.95. The Hall–Kier alpha value is -0.880. The minimum absolute atomic E-state index is 0.117. The summed E-state index contributed by atoms with van der Waals surface area (Å²) in [6.45, 7) is 5.50. The van der Waals surface area contributed by atoms with Crippen molar-refractivity contribution in [2.24, 2.45) is 5.92 Å². The van der Waals surface area contributed by atoms with E-state index < -0.39 is 10.0 Å². The van der Waals surface area contributed by atoms with Gasteiger partial charge in [0, 0.05) is 12.4 Å². The average Bonchev–Trinajstić information content (AvgIpc) is 2.50. The van der Waals surface area contributed by atoms with E-state index in [2.05, 4.69) is 14.7 Å². The number of nitrogens with one attached hydrogen (secondary N) is 2. The van der Waals surface area contributed by atoms with Crippen LogP contribution >= 0.6 is 0 Å². The first kappa shape index (κ1) is 12.2. The number of hydrogen-bond acceptors (Lipinski definition) is 3. The lowest BCUT2D eigenvalue weighted by Gasteiger charge is -2.13. The molecular formula is C9H17N3O2S. The molecule has 2 N–H and O–H groups in total. The van der Waals surface area contributed by atoms with Gasteiger partial charge in [-0.1, -0.05) is 13.8 Å². The second-order valence-electron chi connectivity index (χ2n) is 3.99. The zero-order valence-corrected chi connectivity index (χ0v) is 10.0. The first-order chi connectivity index (χ1) is 6.91. The van der Waals surface area contributed by atoms with Gasteiger partial charge >= 0.3 is 0 Å². The van der Waals surface area contributed by atoms with Gasteiger partial charge in [-0.2, -0.15) is 0 Å². The van der Waals surface area contributed by atoms with Crippen molar-refractivity contribution in [1.82, 2.24) is 14.7 Å². The summed E-state index contributed by atoms with van der Waals surface area (Å²) in [5.74, 6) is 0.881. The fourth-order valence-electron chi connectivity index (χ4n) is 1.33. The van der Waals surface area contributed by atoms with E-state index in [0.29, 0.717) is 5.82 Å². The number of imidazole rings is 1. The predicted molar refractivity (Wildman–Crippen MR) is 58.8 cm³/mol. The van der Waals surface area contributed by atoms with Crippen LogP contribution in [0.3, 0.4) is 0 Å². The standard InChI is InChI=1S/C9H17N3O2S/c1-7(2)6-15(13,14)12-8(3)9-10-4-5-11-9/h4-5,7-8,12H,6H2,1-3H3,(H,10,11). The zero-order chi connectivity index (χ0) is 11.5. The van der Waals surface area contributed by atoms with Crippen molar-refractivity contribution >= 4 is 10.0 Å². The van der Waals surface area contributed by atoms with Gasteiger partial charge in [-0.05, 0) is 12.8 Å². The maximum atomic E-state index is 11.6. The lowest BCUT2D eigenvalue weighted by Crippen LogP contribution is -2.31. The van der Waals surface area contributed by atoms with Crippen LogP contribution in [-0.2, 0) is 10.0 Å². The Bertz CT molecular complexity index is 383. The number of H-pyrrole nitrogens is 1. The Balaban J connectivity index is 2.62. The molecule has 0 aromatic carbocycles. The maximum absolute atomic E-state index is 11.6. The van der Waals surface area contributed by atoms with Crippen LogP contribution in [0, 0.1) is 5.92 Å². The van der Waals surface area contributed by atoms with Gasteiger partial charge in [-0.25, -0.2) is 18.1 Å². The van der Waals surface area contributed by atoms with Gasteiger partial charge in [-0.15, -0.1) is 0 Å². The molecule has 1 aromatic heterocycles. The van der Waals surface area contributed by atoms with Gasteiger partial charge in [-0.3, -0.25) is 0 Å². The average molecular weight is 231 g/mol. The van der Waals surface area contributed by atoms with Crippen LogP contribution in [0.2, 0.25) is 0 Å². The second-order valence-corrected chi connectivity index (χ2v) is 5.79. The monoisotopic (exact) mass is 231 g/mol. The molecule has 15 heavy (non-hydrogen) atoms. The quantitative estimate of drug-likeness (QED) is 0.795. The third kappa shape index (κ3) is 4.01. The van der Waals surface area contributed by atoms with Gasteiger partial charge < -0.3 is 4.98 Å². The zero-order valence-electron chi connectivity index (χ0n) is 9.19. The van der Waals surface area contributed by atoms with Gasteiger partial charge in [0.25, 0.3) is 0 Å². The van der Waals surface area contributed by atoms with Crippen LogP contribution in [0.25, 0.3) is 0 Å². The van der Waals surface area contributed by atoms with Crippen LogP contribution in [0.1, 0.15) is 32.6 Å². The van der Waals surface area contributed by atoms with Crippen molar-refractivity contribution in [2.75, 3.05) is 5.75 Å². The minimum Gasteiger partial charge on any atom is -0.347 e. The lowest BCUT2D eigenvalue weighted by atomic mass is 10.3. The number of nitrogens with zero attached hydrogens (tertiary/aromatic N) is 1. The summed E-state index contributed by atoms with van der Waals surface area (Å²) in [6, 6.07) is -0.316. The molecule has 1 heterocycles. The van der Waals surface area contributed by atoms with Crippen molar-refractivity contribution in [3.8, 4) is 0 Å². The molecule has 5 nitrogen and oxygen atoms in total. The van der Waals surface area contributed by atoms with Gasteiger partial charge in [0.2, 0.25) is 10.0 Å². The summed E-state index contributed by atoms with van der Waals surface area (Å²) in [6.07, 6.45) is 3.27. The molecule has 0 aliphatic heterocycles. The number of aromatic nitrogens is 2. The summed E-state index contributed by atoms with van der Waals surface area (Å²) >= 11 is 0. The van der Waals surface area contributed by atoms with Crippen molar-refractivity contribution in [3.63, 3.8) is 0 Å². The third-order valence-corrected chi connectivity index (χ3v) is 3.66. The molecular weight excluding hydrogens is 214 g/mol. The second kappa shape index (κ2) is 4.76. The molecule has 0 bridgehead atoms. The van der Waals surface area contributed by atoms with Crippen LogP contribution in [0.5, 0.6) is 0 Å². The van der Waals surface area contributed by atoms with Gasteiger partial charge in [0.15, 0.2) is 0 Å². The van der Waals surface area contributed by atoms with Crippen LogP contribution in [0.4, 0.5) is 0 Å². The first-order valence-electron chi connectivity index (χ1n) is 4.90. The fraction of sp³-hybridized carbons (Fsp3) is 0.667. The van der Waals surface area contributed by atoms with E-state index in [1.165, 1.54) is 0 Å². The summed E-state index contributed by atoms with van der Waals surface area (Å²) < 4.78 is 25.8. The Morgan fingerprint density at radius 3 is 2.60 bits per heavy atom. The Morgan fingerprint density at radius 1 is 1.47 bits per heavy atom. The van der Waals surface area contributed by atoms with Crippen LogP contribution in [-0.4, -0.2) is 24.1 Å². The van der Waals surface area contributed by atoms with Crippen molar-refractivity contribution in [1.29, 1.82) is 0 Å². The maximum Gasteiger partial charge on any atom is 0.212 e. The summed E-state index contributed by atoms with van der Waals surface area (Å²) in [5.41, 5.74) is 0. The highest BCUT2D eigenvalue weighted by Crippen LogP contribution is 2.08. The molecule has 1 aromatic rings. The van der Waals surface area contributed by atoms with Crippen molar-refractivity contribution in [2.45, 2.75) is 26.8 Å². The molecule has 1 unspecified atom stereocenters. The molecule has 1 rings (SSSR count). The van der Waals surface area contributed by atoms with Crippen molar-refractivity contribution in [3.05, 3.63) is 18.2 Å². The minimum atomic E-state index is -3.22. The molecule has 86 valence electrons. The van der Waals surface area contributed by atoms with E-state index in [1.54, 1.807) is 19.3 Å². The van der Waals surface area contributed by atoms with Crippen molar-refractivity contribution < 1.29 is 8.42 Å². The van der Waals surface area contributed by atoms with E-state index >= 15 is 0 Å². The third-order valence-electron chi connectivity index (χ3n) is 1.84. The van der Waals surface area contributed by atoms with E-state index in [9.17, 15) is 8.42 Å². The summed E-state index contributed by atoms with van der Waals surface area (Å²) in [5, 5.41) is 0. The smallest absolute Gasteiger partial charge is 0.212 e. The Labute approximate surface area is 90.4 Å². The molecule has 0 aliphatic carbocycles. The number of sulfonamides is 1. The summed E-state index contributed by atoms with van der Waals surface area (Å²) in [4.78, 5) is 6.87. The Morgan fingerprint density at radius 2 is 2.13 bits per heavy atom. The van der Waals surface area contributed by atoms with Crippen LogP contribution < -0.4 is 4.72 Å². The molecule has 1 atom stereocenters. The highest BCUT2D eigenvalue weighted by molar-refractivity contribution is 7.89. The van der Waals surface area contributed by atoms with E-state index in [-0.39, 0.29) is 17.7 Å². The molecule has 0 aliphatic rings. The Kier molecular flexibility index (Phi) is 3.87. The number of aromatic amines is 1. The number of rotatable bonds is 5. The van der Waals surface area contributed by atoms with E-state index in [1.807, 2.05) is 13.8 Å². The topological polar surface area (TPSA) is 74.8 Å². The molecule has 0 saturated heterocycles. The molecule has 0 radical (unpaired) electrons. The first-order valence-corrected chi connectivity index (χ1v) is 6.55. The van der Waals surface area contributed by atoms with Gasteiger partial charge in [0.05, 0.1) is 11.8 Å². The molecule has 0 saturated carbocycles. The lowest BCUT2D eigenvalue weighted by molar-refractivity contribution is 0.549. The van der Waals surface area contributed by atoms with Crippen LogP contribution in [0.15, 0.2) is 12.4 Å². The molecule has 6 heteroatoms. The SMILES string of the molecule is CC(C)CS(=O)(=O)NC(C)c1ncc[nH]1. The normalized spacial score (nSPS) is 14.4. The molecule has 0 fully saturated rings.